The van der Waals surface area contributed by atoms with Crippen LogP contribution in [-0.2, 0) is 6.54 Å². The number of benzene rings is 2. The van der Waals surface area contributed by atoms with E-state index in [0.29, 0.717) is 23.3 Å². The van der Waals surface area contributed by atoms with Crippen molar-refractivity contribution in [2.75, 3.05) is 10.6 Å². The average molecular weight is 343 g/mol. The minimum atomic E-state index is -0.246. The fourth-order valence-corrected chi connectivity index (χ4v) is 2.33. The molecule has 2 N–H and O–H groups in total. The van der Waals surface area contributed by atoms with Crippen molar-refractivity contribution in [2.45, 2.75) is 13.5 Å². The number of nitrogens with zero attached hydrogens (tertiary/aromatic N) is 2. The van der Waals surface area contributed by atoms with Crippen LogP contribution in [0.5, 0.6) is 0 Å². The summed E-state index contributed by atoms with van der Waals surface area (Å²) in [6.07, 6.45) is 1.67. The Balaban J connectivity index is 1.69. The normalized spacial score (nSPS) is 10.5. The van der Waals surface area contributed by atoms with E-state index in [1.807, 2.05) is 25.1 Å². The van der Waals surface area contributed by atoms with E-state index in [-0.39, 0.29) is 5.82 Å². The number of nitrogens with one attached hydrogen (secondary N) is 2. The first kappa shape index (κ1) is 16.2. The first-order valence-electron chi connectivity index (χ1n) is 7.45. The lowest BCUT2D eigenvalue weighted by atomic mass is 10.2. The Morgan fingerprint density at radius 3 is 2.67 bits per heavy atom. The van der Waals surface area contributed by atoms with E-state index < -0.39 is 0 Å². The highest BCUT2D eigenvalue weighted by Crippen LogP contribution is 2.23. The molecular weight excluding hydrogens is 327 g/mol. The Morgan fingerprint density at radius 1 is 1.08 bits per heavy atom. The summed E-state index contributed by atoms with van der Waals surface area (Å²) >= 11 is 6.02. The van der Waals surface area contributed by atoms with Gasteiger partial charge in [0.2, 0.25) is 5.95 Å². The van der Waals surface area contributed by atoms with Crippen LogP contribution in [0.3, 0.4) is 0 Å². The lowest BCUT2D eigenvalue weighted by Crippen LogP contribution is -2.04. The summed E-state index contributed by atoms with van der Waals surface area (Å²) in [6.45, 7) is 2.53. The molecule has 3 rings (SSSR count). The van der Waals surface area contributed by atoms with Crippen LogP contribution in [0.25, 0.3) is 0 Å². The molecule has 0 radical (unpaired) electrons. The summed E-state index contributed by atoms with van der Waals surface area (Å²) in [5, 5.41) is 7.00. The zero-order valence-electron chi connectivity index (χ0n) is 13.1. The van der Waals surface area contributed by atoms with E-state index in [4.69, 9.17) is 11.6 Å². The van der Waals surface area contributed by atoms with Crippen LogP contribution in [0.2, 0.25) is 5.02 Å². The Labute approximate surface area is 144 Å². The van der Waals surface area contributed by atoms with Crippen LogP contribution >= 0.6 is 11.6 Å². The molecule has 0 saturated carbocycles. The number of hydrogen-bond acceptors (Lipinski definition) is 4. The highest BCUT2D eigenvalue weighted by Gasteiger charge is 2.04. The molecule has 24 heavy (non-hydrogen) atoms. The van der Waals surface area contributed by atoms with E-state index >= 15 is 0 Å². The van der Waals surface area contributed by atoms with Crippen molar-refractivity contribution in [1.29, 1.82) is 0 Å². The SMILES string of the molecule is Cc1ccc(Cl)cc1Nc1nccc(NCc2ccc(F)cc2)n1. The molecule has 3 aromatic rings. The zero-order chi connectivity index (χ0) is 16.9. The predicted octanol–water partition coefficient (Wildman–Crippen LogP) is 4.93. The molecule has 0 amide bonds. The van der Waals surface area contributed by atoms with E-state index in [1.54, 1.807) is 24.4 Å². The molecule has 0 saturated heterocycles. The lowest BCUT2D eigenvalue weighted by molar-refractivity contribution is 0.627. The van der Waals surface area contributed by atoms with Gasteiger partial charge < -0.3 is 10.6 Å². The molecule has 0 spiro atoms. The molecule has 2 aromatic carbocycles. The number of aromatic nitrogens is 2. The summed E-state index contributed by atoms with van der Waals surface area (Å²) in [5.74, 6) is 0.908. The van der Waals surface area contributed by atoms with Crippen LogP contribution in [0, 0.1) is 12.7 Å². The smallest absolute Gasteiger partial charge is 0.229 e. The van der Waals surface area contributed by atoms with Crippen molar-refractivity contribution < 1.29 is 4.39 Å². The summed E-state index contributed by atoms with van der Waals surface area (Å²) in [5.41, 5.74) is 2.88. The largest absolute Gasteiger partial charge is 0.366 e. The maximum atomic E-state index is 12.9. The molecule has 0 bridgehead atoms. The first-order valence-corrected chi connectivity index (χ1v) is 7.82. The topological polar surface area (TPSA) is 49.8 Å². The van der Waals surface area contributed by atoms with E-state index in [9.17, 15) is 4.39 Å². The maximum absolute atomic E-state index is 12.9. The van der Waals surface area contributed by atoms with Crippen LogP contribution in [0.15, 0.2) is 54.7 Å². The molecule has 0 aliphatic carbocycles. The van der Waals surface area contributed by atoms with E-state index in [0.717, 1.165) is 16.8 Å². The number of aryl methyl sites for hydroxylation is 1. The third kappa shape index (κ3) is 4.20. The second kappa shape index (κ2) is 7.27. The summed E-state index contributed by atoms with van der Waals surface area (Å²) in [4.78, 5) is 8.64. The molecule has 0 fully saturated rings. The molecule has 1 aromatic heterocycles. The second-order valence-electron chi connectivity index (χ2n) is 5.33. The third-order valence-electron chi connectivity index (χ3n) is 3.49. The van der Waals surface area contributed by atoms with Crippen LogP contribution in [0.1, 0.15) is 11.1 Å². The monoisotopic (exact) mass is 342 g/mol. The second-order valence-corrected chi connectivity index (χ2v) is 5.77. The number of rotatable bonds is 5. The van der Waals surface area contributed by atoms with Gasteiger partial charge in [-0.25, -0.2) is 9.37 Å². The summed E-state index contributed by atoms with van der Waals surface area (Å²) in [7, 11) is 0. The van der Waals surface area contributed by atoms with Gasteiger partial charge in [0.05, 0.1) is 0 Å². The standard InChI is InChI=1S/C18H16ClFN4/c1-12-2-5-14(19)10-16(12)23-18-21-9-8-17(24-18)22-11-13-3-6-15(20)7-4-13/h2-10H,11H2,1H3,(H2,21,22,23,24). The molecule has 0 atom stereocenters. The van der Waals surface area contributed by atoms with Gasteiger partial charge in [0, 0.05) is 23.5 Å². The van der Waals surface area contributed by atoms with E-state index in [2.05, 4.69) is 20.6 Å². The Kier molecular flexibility index (Phi) is 4.91. The Morgan fingerprint density at radius 2 is 1.88 bits per heavy atom. The van der Waals surface area contributed by atoms with Crippen LogP contribution in [0.4, 0.5) is 21.8 Å². The molecule has 0 unspecified atom stereocenters. The highest BCUT2D eigenvalue weighted by atomic mass is 35.5. The summed E-state index contributed by atoms with van der Waals surface area (Å²) < 4.78 is 12.9. The molecule has 4 nitrogen and oxygen atoms in total. The van der Waals surface area contributed by atoms with Gasteiger partial charge in [0.15, 0.2) is 0 Å². The van der Waals surface area contributed by atoms with Crippen molar-refractivity contribution in [3.63, 3.8) is 0 Å². The average Bonchev–Trinajstić information content (AvgIpc) is 2.58. The van der Waals surface area contributed by atoms with Gasteiger partial charge in [-0.1, -0.05) is 29.8 Å². The Hall–Kier alpha value is -2.66. The van der Waals surface area contributed by atoms with Crippen LogP contribution < -0.4 is 10.6 Å². The first-order chi connectivity index (χ1) is 11.6. The van der Waals surface area contributed by atoms with Crippen molar-refractivity contribution in [3.8, 4) is 0 Å². The van der Waals surface area contributed by atoms with E-state index in [1.165, 1.54) is 12.1 Å². The third-order valence-corrected chi connectivity index (χ3v) is 3.72. The van der Waals surface area contributed by atoms with Gasteiger partial charge in [-0.2, -0.15) is 4.98 Å². The predicted molar refractivity (Wildman–Crippen MR) is 95.2 cm³/mol. The molecular formula is C18H16ClFN4. The Bertz CT molecular complexity index is 837. The fraction of sp³-hybridized carbons (Fsp3) is 0.111. The zero-order valence-corrected chi connectivity index (χ0v) is 13.8. The molecule has 0 aliphatic heterocycles. The van der Waals surface area contributed by atoms with Gasteiger partial charge in [-0.3, -0.25) is 0 Å². The minimum absolute atomic E-state index is 0.246. The maximum Gasteiger partial charge on any atom is 0.229 e. The molecule has 0 aliphatic rings. The van der Waals surface area contributed by atoms with Crippen molar-refractivity contribution in [3.05, 3.63) is 76.7 Å². The van der Waals surface area contributed by atoms with Gasteiger partial charge in [-0.15, -0.1) is 0 Å². The number of halogens is 2. The molecule has 6 heteroatoms. The highest BCUT2D eigenvalue weighted by molar-refractivity contribution is 6.30. The fourth-order valence-electron chi connectivity index (χ4n) is 2.16. The van der Waals surface area contributed by atoms with Gasteiger partial charge in [0.1, 0.15) is 11.6 Å². The molecule has 1 heterocycles. The van der Waals surface area contributed by atoms with Crippen molar-refractivity contribution in [1.82, 2.24) is 9.97 Å². The van der Waals surface area contributed by atoms with Crippen LogP contribution in [-0.4, -0.2) is 9.97 Å². The quantitative estimate of drug-likeness (QED) is 0.690. The minimum Gasteiger partial charge on any atom is -0.366 e. The van der Waals surface area contributed by atoms with Crippen molar-refractivity contribution in [2.24, 2.45) is 0 Å². The summed E-state index contributed by atoms with van der Waals surface area (Å²) in [6, 6.07) is 13.7. The van der Waals surface area contributed by atoms with Gasteiger partial charge >= 0.3 is 0 Å². The lowest BCUT2D eigenvalue weighted by Gasteiger charge is -2.10. The molecule has 122 valence electrons. The van der Waals surface area contributed by atoms with Crippen molar-refractivity contribution >= 4 is 29.1 Å². The number of anilines is 3. The van der Waals surface area contributed by atoms with Gasteiger partial charge in [0.25, 0.3) is 0 Å². The number of hydrogen-bond donors (Lipinski definition) is 2. The van der Waals surface area contributed by atoms with Gasteiger partial charge in [-0.05, 0) is 48.4 Å².